The van der Waals surface area contributed by atoms with Crippen LogP contribution < -0.4 is 5.32 Å². The quantitative estimate of drug-likeness (QED) is 0.565. The lowest BCUT2D eigenvalue weighted by molar-refractivity contribution is -0.149. The molecule has 1 saturated heterocycles. The minimum absolute atomic E-state index is 0.0410. The van der Waals surface area contributed by atoms with Gasteiger partial charge >= 0.3 is 12.1 Å². The fraction of sp³-hybridized carbons (Fsp3) is 0.400. The van der Waals surface area contributed by atoms with Gasteiger partial charge in [0.05, 0.1) is 6.10 Å². The number of amides is 2. The number of alkyl carbamates (subject to hydrolysis) is 1. The zero-order valence-electron chi connectivity index (χ0n) is 19.2. The predicted octanol–water partition coefficient (Wildman–Crippen LogP) is 1.50. The first-order chi connectivity index (χ1) is 16.3. The Kier molecular flexibility index (Phi) is 6.85. The van der Waals surface area contributed by atoms with Gasteiger partial charge in [0.15, 0.2) is 0 Å². The number of ether oxygens (including phenoxy) is 1. The number of aliphatic carboxylic acids is 1. The second-order valence-electron chi connectivity index (χ2n) is 9.02. The van der Waals surface area contributed by atoms with E-state index in [0.29, 0.717) is 0 Å². The van der Waals surface area contributed by atoms with E-state index in [1.807, 2.05) is 48.5 Å². The van der Waals surface area contributed by atoms with E-state index in [9.17, 15) is 24.6 Å². The van der Waals surface area contributed by atoms with E-state index in [0.717, 1.165) is 27.2 Å². The third kappa shape index (κ3) is 4.76. The molecule has 3 atom stereocenters. The van der Waals surface area contributed by atoms with Gasteiger partial charge in [0.1, 0.15) is 18.7 Å². The van der Waals surface area contributed by atoms with Crippen LogP contribution in [0.3, 0.4) is 0 Å². The van der Waals surface area contributed by atoms with Gasteiger partial charge in [0.2, 0.25) is 5.91 Å². The lowest BCUT2D eigenvalue weighted by Gasteiger charge is -2.28. The minimum atomic E-state index is -1.19. The molecule has 1 aliphatic heterocycles. The van der Waals surface area contributed by atoms with Gasteiger partial charge in [0, 0.05) is 25.4 Å². The number of nitrogens with zero attached hydrogens (tertiary/aromatic N) is 2. The molecule has 1 aliphatic carbocycles. The van der Waals surface area contributed by atoms with Gasteiger partial charge in [-0.15, -0.1) is 0 Å². The SMILES string of the molecule is CN(C)C[C@H](NC(=O)OCC1c2ccccc2-c2ccccc21)C(=O)N1C[C@H](O)C[C@@H]1C(=O)O. The average Bonchev–Trinajstić information content (AvgIpc) is 3.35. The molecule has 0 unspecified atom stereocenters. The molecule has 0 bridgehead atoms. The van der Waals surface area contributed by atoms with Gasteiger partial charge in [-0.1, -0.05) is 48.5 Å². The molecule has 0 spiro atoms. The van der Waals surface area contributed by atoms with Gasteiger partial charge in [-0.3, -0.25) is 4.79 Å². The lowest BCUT2D eigenvalue weighted by Crippen LogP contribution is -2.55. The molecule has 9 heteroatoms. The van der Waals surface area contributed by atoms with Gasteiger partial charge in [0.25, 0.3) is 0 Å². The van der Waals surface area contributed by atoms with Crippen molar-refractivity contribution in [2.45, 2.75) is 30.5 Å². The van der Waals surface area contributed by atoms with Crippen molar-refractivity contribution < 1.29 is 29.3 Å². The summed E-state index contributed by atoms with van der Waals surface area (Å²) in [5.41, 5.74) is 4.38. The van der Waals surface area contributed by atoms with Crippen LogP contribution in [0.4, 0.5) is 4.79 Å². The molecule has 0 aromatic heterocycles. The normalized spacial score (nSPS) is 20.1. The van der Waals surface area contributed by atoms with Crippen LogP contribution in [0.2, 0.25) is 0 Å². The Morgan fingerprint density at radius 3 is 2.24 bits per heavy atom. The number of hydrogen-bond donors (Lipinski definition) is 3. The topological polar surface area (TPSA) is 119 Å². The Bertz CT molecular complexity index is 1040. The third-order valence-corrected chi connectivity index (χ3v) is 6.33. The summed E-state index contributed by atoms with van der Waals surface area (Å²) in [4.78, 5) is 40.2. The van der Waals surface area contributed by atoms with Gasteiger partial charge < -0.3 is 30.1 Å². The fourth-order valence-corrected chi connectivity index (χ4v) is 4.82. The van der Waals surface area contributed by atoms with E-state index >= 15 is 0 Å². The van der Waals surface area contributed by atoms with Crippen molar-refractivity contribution in [2.75, 3.05) is 33.8 Å². The number of carboxylic acid groups (broad SMARTS) is 1. The summed E-state index contributed by atoms with van der Waals surface area (Å²) in [6, 6.07) is 13.8. The van der Waals surface area contributed by atoms with Crippen LogP contribution >= 0.6 is 0 Å². The largest absolute Gasteiger partial charge is 0.480 e. The molecule has 2 amide bonds. The standard InChI is InChI=1S/C25H29N3O6/c1-27(2)13-21(23(30)28-12-15(29)11-22(28)24(31)32)26-25(33)34-14-20-18-9-5-3-7-16(18)17-8-4-6-10-19(17)20/h3-10,15,20-22,29H,11-14H2,1-2H3,(H,26,33)(H,31,32)/t15-,21+,22-/m1/s1. The van der Waals surface area contributed by atoms with E-state index in [2.05, 4.69) is 5.32 Å². The van der Waals surface area contributed by atoms with Crippen molar-refractivity contribution in [3.8, 4) is 11.1 Å². The molecule has 1 heterocycles. The monoisotopic (exact) mass is 467 g/mol. The van der Waals surface area contributed by atoms with Gasteiger partial charge in [-0.05, 0) is 36.3 Å². The Labute approximate surface area is 197 Å². The first kappa shape index (κ1) is 23.7. The summed E-state index contributed by atoms with van der Waals surface area (Å²) >= 11 is 0. The second kappa shape index (κ2) is 9.82. The van der Waals surface area contributed by atoms with Crippen LogP contribution in [-0.2, 0) is 14.3 Å². The number of hydrogen-bond acceptors (Lipinski definition) is 6. The van der Waals surface area contributed by atoms with Crippen molar-refractivity contribution in [3.63, 3.8) is 0 Å². The molecule has 2 aromatic carbocycles. The molecule has 2 aromatic rings. The summed E-state index contributed by atoms with van der Waals surface area (Å²) in [5.74, 6) is -1.87. The van der Waals surface area contributed by atoms with Crippen molar-refractivity contribution >= 4 is 18.0 Å². The van der Waals surface area contributed by atoms with Crippen LogP contribution in [0, 0.1) is 0 Å². The molecular formula is C25H29N3O6. The first-order valence-corrected chi connectivity index (χ1v) is 11.2. The smallest absolute Gasteiger partial charge is 0.407 e. The number of aliphatic hydroxyl groups excluding tert-OH is 1. The summed E-state index contributed by atoms with van der Waals surface area (Å²) in [7, 11) is 3.49. The third-order valence-electron chi connectivity index (χ3n) is 6.33. The summed E-state index contributed by atoms with van der Waals surface area (Å²) in [5, 5.41) is 21.9. The molecule has 3 N–H and O–H groups in total. The maximum Gasteiger partial charge on any atom is 0.407 e. The molecule has 34 heavy (non-hydrogen) atoms. The molecule has 4 rings (SSSR count). The number of β-amino-alcohol motifs (C(OH)–C–C–N with tert-alkyl or cyclic N) is 1. The predicted molar refractivity (Wildman–Crippen MR) is 124 cm³/mol. The summed E-state index contributed by atoms with van der Waals surface area (Å²) < 4.78 is 5.55. The number of carboxylic acids is 1. The Morgan fingerprint density at radius 2 is 1.68 bits per heavy atom. The van der Waals surface area contributed by atoms with Gasteiger partial charge in [-0.25, -0.2) is 9.59 Å². The highest BCUT2D eigenvalue weighted by Crippen LogP contribution is 2.44. The van der Waals surface area contributed by atoms with E-state index in [1.165, 1.54) is 0 Å². The maximum atomic E-state index is 13.1. The average molecular weight is 468 g/mol. The van der Waals surface area contributed by atoms with Crippen molar-refractivity contribution in [2.24, 2.45) is 0 Å². The van der Waals surface area contributed by atoms with E-state index in [4.69, 9.17) is 4.74 Å². The zero-order valence-corrected chi connectivity index (χ0v) is 19.2. The van der Waals surface area contributed by atoms with Crippen LogP contribution in [-0.4, -0.2) is 90.0 Å². The summed E-state index contributed by atoms with van der Waals surface area (Å²) in [6.45, 7) is 0.164. The van der Waals surface area contributed by atoms with Crippen LogP contribution in [0.25, 0.3) is 11.1 Å². The molecule has 9 nitrogen and oxygen atoms in total. The van der Waals surface area contributed by atoms with Crippen LogP contribution in [0.1, 0.15) is 23.5 Å². The van der Waals surface area contributed by atoms with E-state index in [1.54, 1.807) is 19.0 Å². The van der Waals surface area contributed by atoms with Crippen LogP contribution in [0.15, 0.2) is 48.5 Å². The maximum absolute atomic E-state index is 13.1. The molecular weight excluding hydrogens is 438 g/mol. The minimum Gasteiger partial charge on any atom is -0.480 e. The highest BCUT2D eigenvalue weighted by molar-refractivity contribution is 5.90. The fourth-order valence-electron chi connectivity index (χ4n) is 4.82. The van der Waals surface area contributed by atoms with E-state index in [-0.39, 0.29) is 32.0 Å². The highest BCUT2D eigenvalue weighted by Gasteiger charge is 2.42. The number of rotatable bonds is 7. The highest BCUT2D eigenvalue weighted by atomic mass is 16.5. The van der Waals surface area contributed by atoms with E-state index < -0.39 is 36.2 Å². The molecule has 180 valence electrons. The number of fused-ring (bicyclic) bond motifs is 3. The Morgan fingerprint density at radius 1 is 1.09 bits per heavy atom. The number of carbonyl (C=O) groups excluding carboxylic acids is 2. The first-order valence-electron chi connectivity index (χ1n) is 11.2. The van der Waals surface area contributed by atoms with Crippen LogP contribution in [0.5, 0.6) is 0 Å². The van der Waals surface area contributed by atoms with Crippen molar-refractivity contribution in [1.29, 1.82) is 0 Å². The molecule has 0 saturated carbocycles. The second-order valence-corrected chi connectivity index (χ2v) is 9.02. The number of carbonyl (C=O) groups is 3. The number of benzene rings is 2. The molecule has 1 fully saturated rings. The lowest BCUT2D eigenvalue weighted by atomic mass is 9.98. The van der Waals surface area contributed by atoms with Crippen molar-refractivity contribution in [1.82, 2.24) is 15.1 Å². The number of nitrogens with one attached hydrogen (secondary N) is 1. The molecule has 2 aliphatic rings. The number of aliphatic hydroxyl groups is 1. The number of likely N-dealkylation sites (tertiary alicyclic amines) is 1. The summed E-state index contributed by atoms with van der Waals surface area (Å²) in [6.07, 6.45) is -1.71. The number of likely N-dealkylation sites (N-methyl/N-ethyl adjacent to an activating group) is 1. The Hall–Kier alpha value is -3.43. The van der Waals surface area contributed by atoms with Crippen molar-refractivity contribution in [3.05, 3.63) is 59.7 Å². The zero-order chi connectivity index (χ0) is 24.4. The Balaban J connectivity index is 1.45. The molecule has 0 radical (unpaired) electrons. The van der Waals surface area contributed by atoms with Gasteiger partial charge in [-0.2, -0.15) is 0 Å².